The number of carbonyl (C=O) groups excluding carboxylic acids is 3. The van der Waals surface area contributed by atoms with Crippen molar-refractivity contribution in [1.82, 2.24) is 10.2 Å². The van der Waals surface area contributed by atoms with E-state index in [1.54, 1.807) is 11.9 Å². The molecule has 0 saturated heterocycles. The topological polar surface area (TPSA) is 66.5 Å². The van der Waals surface area contributed by atoms with E-state index in [1.165, 1.54) is 0 Å². The second-order valence-corrected chi connectivity index (χ2v) is 7.52. The Bertz CT molecular complexity index is 419. The highest BCUT2D eigenvalue weighted by atomic mass is 32.1. The highest BCUT2D eigenvalue weighted by Gasteiger charge is 2.36. The van der Waals surface area contributed by atoms with Gasteiger partial charge in [-0.1, -0.05) is 13.3 Å². The Kier molecular flexibility index (Phi) is 11.0. The molecule has 0 aromatic heterocycles. The molecule has 0 saturated carbocycles. The molecule has 0 aromatic carbocycles. The highest BCUT2D eigenvalue weighted by Crippen LogP contribution is 2.23. The van der Waals surface area contributed by atoms with Crippen LogP contribution in [-0.4, -0.2) is 46.9 Å². The van der Waals surface area contributed by atoms with E-state index >= 15 is 0 Å². The number of Topliss-reactive ketones (excluding diaryl/α,β-unsaturated/α-hetero) is 1. The number of hydrogen-bond acceptors (Lipinski definition) is 4. The third-order valence-corrected chi connectivity index (χ3v) is 4.22. The molecule has 0 unspecified atom stereocenters. The summed E-state index contributed by atoms with van der Waals surface area (Å²) >= 11 is 4.15. The summed E-state index contributed by atoms with van der Waals surface area (Å²) in [6, 6.07) is -0.618. The summed E-state index contributed by atoms with van der Waals surface area (Å²) in [5, 5.41) is 2.64. The van der Waals surface area contributed by atoms with E-state index in [4.69, 9.17) is 0 Å². The van der Waals surface area contributed by atoms with Gasteiger partial charge in [0.15, 0.2) is 0 Å². The van der Waals surface area contributed by atoms with Gasteiger partial charge in [0.25, 0.3) is 0 Å². The molecule has 2 amide bonds. The number of rotatable bonds is 11. The largest absolute Gasteiger partial charge is 0.357 e. The van der Waals surface area contributed by atoms with Gasteiger partial charge in [-0.25, -0.2) is 0 Å². The molecule has 6 heteroatoms. The number of amides is 2. The van der Waals surface area contributed by atoms with E-state index < -0.39 is 11.6 Å². The molecule has 0 aromatic rings. The Balaban J connectivity index is 5.21. The van der Waals surface area contributed by atoms with E-state index in [0.29, 0.717) is 37.9 Å². The van der Waals surface area contributed by atoms with E-state index in [0.717, 1.165) is 12.8 Å². The average Bonchev–Trinajstić information content (AvgIpc) is 2.52. The zero-order valence-electron chi connectivity index (χ0n) is 15.9. The zero-order valence-corrected chi connectivity index (χ0v) is 16.7. The molecule has 140 valence electrons. The number of nitrogens with zero attached hydrogens (tertiary/aromatic N) is 1. The Hall–Kier alpha value is -1.04. The van der Waals surface area contributed by atoms with E-state index in [1.807, 2.05) is 27.7 Å². The summed E-state index contributed by atoms with van der Waals surface area (Å²) in [5.74, 6) is 0.505. The van der Waals surface area contributed by atoms with Crippen LogP contribution < -0.4 is 5.32 Å². The average molecular weight is 359 g/mol. The first kappa shape index (κ1) is 23.0. The predicted molar refractivity (Wildman–Crippen MR) is 101 cm³/mol. The molecule has 1 N–H and O–H groups in total. The fourth-order valence-electron chi connectivity index (χ4n) is 2.71. The van der Waals surface area contributed by atoms with Crippen LogP contribution in [-0.2, 0) is 14.4 Å². The summed E-state index contributed by atoms with van der Waals surface area (Å²) < 4.78 is 0. The van der Waals surface area contributed by atoms with Gasteiger partial charge in [0, 0.05) is 31.8 Å². The van der Waals surface area contributed by atoms with E-state index in [2.05, 4.69) is 17.9 Å². The van der Waals surface area contributed by atoms with Gasteiger partial charge in [-0.2, -0.15) is 12.6 Å². The van der Waals surface area contributed by atoms with Crippen molar-refractivity contribution >= 4 is 30.2 Å². The fraction of sp³-hybridized carbons (Fsp3) is 0.833. The number of thiol groups is 1. The fourth-order valence-corrected chi connectivity index (χ4v) is 2.86. The number of ketones is 1. The van der Waals surface area contributed by atoms with E-state index in [9.17, 15) is 14.4 Å². The highest BCUT2D eigenvalue weighted by molar-refractivity contribution is 7.80. The van der Waals surface area contributed by atoms with Crippen LogP contribution >= 0.6 is 12.6 Å². The van der Waals surface area contributed by atoms with Crippen molar-refractivity contribution in [2.45, 2.75) is 84.2 Å². The van der Waals surface area contributed by atoms with Crippen molar-refractivity contribution in [3.8, 4) is 0 Å². The quantitative estimate of drug-likeness (QED) is 0.558. The molecule has 0 heterocycles. The number of nitrogens with one attached hydrogen (secondary N) is 1. The SMILES string of the molecule is CCCCC(=O)CC[C@@H](C(=O)NC)N(C(=O)CCCS)C(C)(C)C. The monoisotopic (exact) mass is 358 g/mol. The van der Waals surface area contributed by atoms with Gasteiger partial charge < -0.3 is 10.2 Å². The van der Waals surface area contributed by atoms with Gasteiger partial charge in [-0.3, -0.25) is 14.4 Å². The molecule has 0 aliphatic carbocycles. The number of unbranched alkanes of at least 4 members (excludes halogenated alkanes) is 1. The molecule has 0 radical (unpaired) electrons. The van der Waals surface area contributed by atoms with Crippen LogP contribution in [0.3, 0.4) is 0 Å². The zero-order chi connectivity index (χ0) is 18.8. The summed E-state index contributed by atoms with van der Waals surface area (Å²) in [5.41, 5.74) is -0.489. The summed E-state index contributed by atoms with van der Waals surface area (Å²) in [6.07, 6.45) is 4.10. The second kappa shape index (κ2) is 11.5. The van der Waals surface area contributed by atoms with Crippen LogP contribution in [0.1, 0.15) is 72.6 Å². The molecule has 0 spiro atoms. The van der Waals surface area contributed by atoms with Gasteiger partial charge in [0.1, 0.15) is 11.8 Å². The first-order chi connectivity index (χ1) is 11.2. The van der Waals surface area contributed by atoms with Crippen LogP contribution in [0, 0.1) is 0 Å². The van der Waals surface area contributed by atoms with Crippen LogP contribution in [0.4, 0.5) is 0 Å². The van der Waals surface area contributed by atoms with Gasteiger partial charge in [-0.15, -0.1) is 0 Å². The lowest BCUT2D eigenvalue weighted by atomic mass is 9.96. The van der Waals surface area contributed by atoms with Crippen molar-refractivity contribution < 1.29 is 14.4 Å². The molecule has 24 heavy (non-hydrogen) atoms. The number of hydrogen-bond donors (Lipinski definition) is 2. The lowest BCUT2D eigenvalue weighted by molar-refractivity contribution is -0.146. The van der Waals surface area contributed by atoms with Gasteiger partial charge in [-0.05, 0) is 45.8 Å². The third-order valence-electron chi connectivity index (χ3n) is 3.91. The van der Waals surface area contributed by atoms with Gasteiger partial charge >= 0.3 is 0 Å². The Labute approximate surface area is 152 Å². The van der Waals surface area contributed by atoms with Crippen LogP contribution in [0.5, 0.6) is 0 Å². The lowest BCUT2D eigenvalue weighted by Crippen LogP contribution is -2.56. The smallest absolute Gasteiger partial charge is 0.242 e. The molecule has 0 rings (SSSR count). The Morgan fingerprint density at radius 3 is 2.17 bits per heavy atom. The van der Waals surface area contributed by atoms with E-state index in [-0.39, 0.29) is 17.6 Å². The predicted octanol–water partition coefficient (Wildman–Crippen LogP) is 2.98. The van der Waals surface area contributed by atoms with Crippen molar-refractivity contribution in [2.24, 2.45) is 0 Å². The van der Waals surface area contributed by atoms with Crippen molar-refractivity contribution in [3.05, 3.63) is 0 Å². The molecular formula is C18H34N2O3S. The molecule has 0 fully saturated rings. The lowest BCUT2D eigenvalue weighted by Gasteiger charge is -2.41. The minimum Gasteiger partial charge on any atom is -0.357 e. The van der Waals surface area contributed by atoms with Crippen molar-refractivity contribution in [2.75, 3.05) is 12.8 Å². The standard InChI is InChI=1S/C18H34N2O3S/c1-6-7-9-14(21)11-12-15(17(23)19-5)20(18(2,3)4)16(22)10-8-13-24/h15,24H,6-13H2,1-5H3,(H,19,23)/t15-/m0/s1. The second-order valence-electron chi connectivity index (χ2n) is 7.07. The maximum absolute atomic E-state index is 12.7. The van der Waals surface area contributed by atoms with Gasteiger partial charge in [0.2, 0.25) is 11.8 Å². The molecule has 5 nitrogen and oxygen atoms in total. The summed E-state index contributed by atoms with van der Waals surface area (Å²) in [7, 11) is 1.56. The first-order valence-electron chi connectivity index (χ1n) is 8.85. The van der Waals surface area contributed by atoms with Crippen LogP contribution in [0.25, 0.3) is 0 Å². The summed E-state index contributed by atoms with van der Waals surface area (Å²) in [6.45, 7) is 7.80. The van der Waals surface area contributed by atoms with Crippen LogP contribution in [0.15, 0.2) is 0 Å². The molecule has 0 aliphatic heterocycles. The Morgan fingerprint density at radius 2 is 1.71 bits per heavy atom. The number of likely N-dealkylation sites (N-methyl/N-ethyl adjacent to an activating group) is 1. The molecule has 0 aliphatic rings. The Morgan fingerprint density at radius 1 is 1.08 bits per heavy atom. The first-order valence-corrected chi connectivity index (χ1v) is 9.48. The number of carbonyl (C=O) groups is 3. The molecular weight excluding hydrogens is 324 g/mol. The summed E-state index contributed by atoms with van der Waals surface area (Å²) in [4.78, 5) is 38.7. The maximum Gasteiger partial charge on any atom is 0.242 e. The molecule has 0 bridgehead atoms. The minimum absolute atomic E-state index is 0.0637. The minimum atomic E-state index is -0.618. The van der Waals surface area contributed by atoms with Crippen LogP contribution in [0.2, 0.25) is 0 Å². The van der Waals surface area contributed by atoms with Crippen molar-refractivity contribution in [1.29, 1.82) is 0 Å². The third kappa shape index (κ3) is 8.18. The molecule has 1 atom stereocenters. The van der Waals surface area contributed by atoms with Gasteiger partial charge in [0.05, 0.1) is 0 Å². The maximum atomic E-state index is 12.7. The normalized spacial score (nSPS) is 12.6. The van der Waals surface area contributed by atoms with Crippen molar-refractivity contribution in [3.63, 3.8) is 0 Å².